The lowest BCUT2D eigenvalue weighted by Gasteiger charge is -2.16. The molecule has 0 saturated carbocycles. The van der Waals surface area contributed by atoms with Gasteiger partial charge in [0.05, 0.1) is 17.6 Å². The van der Waals surface area contributed by atoms with Crippen molar-refractivity contribution in [1.82, 2.24) is 4.72 Å². The predicted molar refractivity (Wildman–Crippen MR) is 83.8 cm³/mol. The summed E-state index contributed by atoms with van der Waals surface area (Å²) in [5, 5.41) is 9.16. The fourth-order valence-electron chi connectivity index (χ4n) is 2.13. The molecule has 0 spiro atoms. The van der Waals surface area contributed by atoms with Crippen LogP contribution in [0, 0.1) is 6.92 Å². The Kier molecular flexibility index (Phi) is 6.71. The van der Waals surface area contributed by atoms with E-state index in [1.165, 1.54) is 32.2 Å². The molecule has 0 bridgehead atoms. The van der Waals surface area contributed by atoms with Crippen molar-refractivity contribution in [2.45, 2.75) is 44.0 Å². The molecule has 7 nitrogen and oxygen atoms in total. The average Bonchev–Trinajstić information content (AvgIpc) is 2.50. The molecule has 8 heteroatoms. The molecule has 1 rings (SSSR count). The minimum absolute atomic E-state index is 0.121. The molecule has 0 heterocycles. The highest BCUT2D eigenvalue weighted by Gasteiger charge is 2.27. The first kappa shape index (κ1) is 19.1. The molecular weight excluding hydrogens is 322 g/mol. The van der Waals surface area contributed by atoms with E-state index in [1.807, 2.05) is 6.92 Å². The first-order valence-corrected chi connectivity index (χ1v) is 8.66. The lowest BCUT2D eigenvalue weighted by molar-refractivity contribution is -0.139. The van der Waals surface area contributed by atoms with Gasteiger partial charge >= 0.3 is 11.9 Å². The highest BCUT2D eigenvalue weighted by molar-refractivity contribution is 7.89. The molecule has 1 aromatic carbocycles. The Hall–Kier alpha value is -1.93. The average molecular weight is 343 g/mol. The van der Waals surface area contributed by atoms with E-state index in [-0.39, 0.29) is 22.4 Å². The van der Waals surface area contributed by atoms with E-state index < -0.39 is 28.0 Å². The van der Waals surface area contributed by atoms with Crippen molar-refractivity contribution in [1.29, 1.82) is 0 Å². The normalized spacial score (nSPS) is 12.7. The molecule has 1 atom stereocenters. The molecule has 128 valence electrons. The summed E-state index contributed by atoms with van der Waals surface area (Å²) in [4.78, 5) is 22.7. The highest BCUT2D eigenvalue weighted by atomic mass is 32.2. The van der Waals surface area contributed by atoms with Gasteiger partial charge in [-0.3, -0.25) is 4.79 Å². The number of carbonyl (C=O) groups excluding carboxylic acids is 1. The summed E-state index contributed by atoms with van der Waals surface area (Å²) in [7, 11) is -2.87. The van der Waals surface area contributed by atoms with Crippen LogP contribution in [0.15, 0.2) is 23.1 Å². The smallest absolute Gasteiger partial charge is 0.338 e. The fourth-order valence-corrected chi connectivity index (χ4v) is 3.62. The highest BCUT2D eigenvalue weighted by Crippen LogP contribution is 2.20. The SMILES string of the molecule is CCCC[C@H](NS(=O)(=O)c1cccc(C(=O)OC)c1C)C(=O)O. The number of aliphatic carboxylic acids is 1. The number of rotatable bonds is 8. The Morgan fingerprint density at radius 1 is 1.35 bits per heavy atom. The monoisotopic (exact) mass is 343 g/mol. The van der Waals surface area contributed by atoms with E-state index in [1.54, 1.807) is 0 Å². The van der Waals surface area contributed by atoms with Gasteiger partial charge in [0.1, 0.15) is 6.04 Å². The van der Waals surface area contributed by atoms with Gasteiger partial charge in [-0.1, -0.05) is 25.8 Å². The molecule has 23 heavy (non-hydrogen) atoms. The topological polar surface area (TPSA) is 110 Å². The number of sulfonamides is 1. The van der Waals surface area contributed by atoms with Gasteiger partial charge in [-0.05, 0) is 31.0 Å². The number of nitrogens with one attached hydrogen (secondary N) is 1. The summed E-state index contributed by atoms with van der Waals surface area (Å²) in [6, 6.07) is 2.98. The van der Waals surface area contributed by atoms with Gasteiger partial charge < -0.3 is 9.84 Å². The van der Waals surface area contributed by atoms with Crippen LogP contribution < -0.4 is 4.72 Å². The maximum atomic E-state index is 12.5. The second-order valence-corrected chi connectivity index (χ2v) is 6.76. The minimum atomic E-state index is -4.07. The molecule has 0 aliphatic heterocycles. The molecule has 0 unspecified atom stereocenters. The Morgan fingerprint density at radius 3 is 2.52 bits per heavy atom. The van der Waals surface area contributed by atoms with E-state index in [9.17, 15) is 18.0 Å². The van der Waals surface area contributed by atoms with Gasteiger partial charge in [-0.15, -0.1) is 0 Å². The number of hydrogen-bond acceptors (Lipinski definition) is 5. The van der Waals surface area contributed by atoms with Crippen LogP contribution in [0.3, 0.4) is 0 Å². The van der Waals surface area contributed by atoms with Gasteiger partial charge in [0.25, 0.3) is 0 Å². The van der Waals surface area contributed by atoms with Crippen molar-refractivity contribution >= 4 is 22.0 Å². The largest absolute Gasteiger partial charge is 0.480 e. The van der Waals surface area contributed by atoms with Crippen LogP contribution in [-0.2, 0) is 19.6 Å². The van der Waals surface area contributed by atoms with Gasteiger partial charge in [-0.2, -0.15) is 4.72 Å². The molecule has 2 N–H and O–H groups in total. The summed E-state index contributed by atoms with van der Waals surface area (Å²) in [5.41, 5.74) is 0.335. The van der Waals surface area contributed by atoms with E-state index in [0.717, 1.165) is 6.42 Å². The number of benzene rings is 1. The van der Waals surface area contributed by atoms with Crippen molar-refractivity contribution in [3.8, 4) is 0 Å². The summed E-state index contributed by atoms with van der Waals surface area (Å²) in [5.74, 6) is -1.89. The van der Waals surface area contributed by atoms with Crippen molar-refractivity contribution in [3.63, 3.8) is 0 Å². The summed E-state index contributed by atoms with van der Waals surface area (Å²) in [6.07, 6.45) is 1.53. The number of carbonyl (C=O) groups is 2. The number of esters is 1. The standard InChI is InChI=1S/C15H21NO6S/c1-4-5-8-12(14(17)18)16-23(20,21)13-9-6-7-11(10(13)2)15(19)22-3/h6-7,9,12,16H,4-5,8H2,1-3H3,(H,17,18)/t12-/m0/s1. The molecule has 0 aromatic heterocycles. The van der Waals surface area contributed by atoms with Crippen molar-refractivity contribution in [2.75, 3.05) is 7.11 Å². The second kappa shape index (κ2) is 8.07. The molecule has 0 fully saturated rings. The number of unbranched alkanes of at least 4 members (excludes halogenated alkanes) is 1. The van der Waals surface area contributed by atoms with Crippen molar-refractivity contribution in [2.24, 2.45) is 0 Å². The Bertz CT molecular complexity index is 683. The Balaban J connectivity index is 3.18. The zero-order chi connectivity index (χ0) is 17.6. The zero-order valence-corrected chi connectivity index (χ0v) is 14.1. The van der Waals surface area contributed by atoms with Crippen LogP contribution in [0.25, 0.3) is 0 Å². The maximum absolute atomic E-state index is 12.5. The third-order valence-corrected chi connectivity index (χ3v) is 5.04. The first-order chi connectivity index (χ1) is 10.7. The number of carboxylic acid groups (broad SMARTS) is 1. The van der Waals surface area contributed by atoms with Crippen LogP contribution in [0.4, 0.5) is 0 Å². The lowest BCUT2D eigenvalue weighted by atomic mass is 10.1. The minimum Gasteiger partial charge on any atom is -0.480 e. The second-order valence-electron chi connectivity index (χ2n) is 5.07. The summed E-state index contributed by atoms with van der Waals surface area (Å²) < 4.78 is 31.7. The summed E-state index contributed by atoms with van der Waals surface area (Å²) in [6.45, 7) is 3.36. The van der Waals surface area contributed by atoms with Crippen LogP contribution >= 0.6 is 0 Å². The fraction of sp³-hybridized carbons (Fsp3) is 0.467. The number of methoxy groups -OCH3 is 1. The van der Waals surface area contributed by atoms with Crippen LogP contribution in [-0.4, -0.2) is 38.6 Å². The van der Waals surface area contributed by atoms with E-state index >= 15 is 0 Å². The van der Waals surface area contributed by atoms with Gasteiger partial charge in [0.15, 0.2) is 0 Å². The quantitative estimate of drug-likeness (QED) is 0.695. The Labute approximate surface area is 135 Å². The van der Waals surface area contributed by atoms with Crippen molar-refractivity contribution in [3.05, 3.63) is 29.3 Å². The molecule has 0 aliphatic carbocycles. The lowest BCUT2D eigenvalue weighted by Crippen LogP contribution is -2.41. The summed E-state index contributed by atoms with van der Waals surface area (Å²) >= 11 is 0. The third kappa shape index (κ3) is 4.77. The third-order valence-electron chi connectivity index (χ3n) is 3.42. The van der Waals surface area contributed by atoms with Crippen LogP contribution in [0.5, 0.6) is 0 Å². The van der Waals surface area contributed by atoms with Gasteiger partial charge in [0.2, 0.25) is 10.0 Å². The molecule has 0 aliphatic rings. The van der Waals surface area contributed by atoms with Crippen LogP contribution in [0.2, 0.25) is 0 Å². The molecule has 1 aromatic rings. The maximum Gasteiger partial charge on any atom is 0.338 e. The van der Waals surface area contributed by atoms with Gasteiger partial charge in [-0.25, -0.2) is 13.2 Å². The van der Waals surface area contributed by atoms with E-state index in [2.05, 4.69) is 9.46 Å². The molecule has 0 radical (unpaired) electrons. The number of carboxylic acids is 1. The Morgan fingerprint density at radius 2 is 2.00 bits per heavy atom. The predicted octanol–water partition coefficient (Wildman–Crippen LogP) is 1.70. The zero-order valence-electron chi connectivity index (χ0n) is 13.3. The molecular formula is C15H21NO6S. The van der Waals surface area contributed by atoms with Crippen LogP contribution in [0.1, 0.15) is 42.1 Å². The van der Waals surface area contributed by atoms with E-state index in [4.69, 9.17) is 5.11 Å². The molecule has 0 amide bonds. The number of hydrogen-bond donors (Lipinski definition) is 2. The van der Waals surface area contributed by atoms with Gasteiger partial charge in [0, 0.05) is 0 Å². The molecule has 0 saturated heterocycles. The first-order valence-electron chi connectivity index (χ1n) is 7.17. The number of ether oxygens (including phenoxy) is 1. The van der Waals surface area contributed by atoms with E-state index in [0.29, 0.717) is 6.42 Å². The van der Waals surface area contributed by atoms with Crippen molar-refractivity contribution < 1.29 is 27.9 Å².